The summed E-state index contributed by atoms with van der Waals surface area (Å²) < 4.78 is 5.51. The predicted molar refractivity (Wildman–Crippen MR) is 505 cm³/mol. The van der Waals surface area contributed by atoms with Crippen molar-refractivity contribution in [3.8, 4) is 5.75 Å². The maximum Gasteiger partial charge on any atom is 0.118 e. The van der Waals surface area contributed by atoms with E-state index in [1.165, 1.54) is 196 Å². The normalized spacial score (nSPS) is 14.2. The quantitative estimate of drug-likeness (QED) is 0.0997. The highest BCUT2D eigenvalue weighted by Crippen LogP contribution is 2.48. The summed E-state index contributed by atoms with van der Waals surface area (Å²) in [5.74, 6) is 2.86. The van der Waals surface area contributed by atoms with Crippen molar-refractivity contribution >= 4 is 56.9 Å². The lowest BCUT2D eigenvalue weighted by molar-refractivity contribution is 0.415. The van der Waals surface area contributed by atoms with Crippen molar-refractivity contribution in [3.05, 3.63) is 334 Å². The number of benzene rings is 10. The van der Waals surface area contributed by atoms with Gasteiger partial charge < -0.3 is 43.9 Å². The number of para-hydroxylation sites is 2. The van der Waals surface area contributed by atoms with Crippen LogP contribution in [0.5, 0.6) is 5.75 Å². The highest BCUT2D eigenvalue weighted by Gasteiger charge is 2.36. The first-order valence-electron chi connectivity index (χ1n) is 42.3. The zero-order valence-corrected chi connectivity index (χ0v) is 76.1. The Morgan fingerprint density at radius 2 is 0.569 bits per heavy atom. The molecule has 0 aliphatic carbocycles. The molecule has 0 radical (unpaired) electrons. The molecule has 10 aromatic rings. The average molecular weight is 1550 g/mol. The molecule has 0 unspecified atom stereocenters. The molecule has 608 valence electrons. The third-order valence-electron chi connectivity index (χ3n) is 23.8. The number of aryl methyl sites for hydroxylation is 16. The number of nitrogens with zero attached hydrogens (tertiary/aromatic N) is 8. The van der Waals surface area contributed by atoms with Crippen LogP contribution >= 0.6 is 0 Å². The second-order valence-electron chi connectivity index (χ2n) is 35.9. The van der Waals surface area contributed by atoms with Gasteiger partial charge in [0, 0.05) is 92.8 Å². The van der Waals surface area contributed by atoms with E-state index < -0.39 is 0 Å². The fourth-order valence-corrected chi connectivity index (χ4v) is 18.1. The van der Waals surface area contributed by atoms with Crippen molar-refractivity contribution in [3.63, 3.8) is 0 Å². The Balaban J connectivity index is 0.000000155. The van der Waals surface area contributed by atoms with E-state index in [9.17, 15) is 0 Å². The van der Waals surface area contributed by atoms with Gasteiger partial charge in [-0.25, -0.2) is 0 Å². The van der Waals surface area contributed by atoms with Crippen LogP contribution in [0.15, 0.2) is 206 Å². The van der Waals surface area contributed by atoms with Gasteiger partial charge in [-0.15, -0.1) is 0 Å². The maximum absolute atomic E-state index is 5.51. The van der Waals surface area contributed by atoms with E-state index in [0.29, 0.717) is 23.7 Å². The molecule has 9 heteroatoms. The van der Waals surface area contributed by atoms with Crippen molar-refractivity contribution in [2.24, 2.45) is 0 Å². The molecule has 4 aliphatic heterocycles. The summed E-state index contributed by atoms with van der Waals surface area (Å²) in [5, 5.41) is 0. The summed E-state index contributed by atoms with van der Waals surface area (Å²) in [7, 11) is 1.72. The molecule has 4 heterocycles. The number of ether oxygens (including phenoxy) is 1. The number of methoxy groups -OCH3 is 1. The molecule has 0 aromatic heterocycles. The fourth-order valence-electron chi connectivity index (χ4n) is 18.1. The lowest BCUT2D eigenvalue weighted by Gasteiger charge is -2.31. The van der Waals surface area contributed by atoms with Crippen LogP contribution in [-0.2, 0) is 5.41 Å². The molecule has 0 N–H and O–H groups in total. The van der Waals surface area contributed by atoms with Crippen LogP contribution in [0.25, 0.3) is 11.4 Å². The first-order valence-corrected chi connectivity index (χ1v) is 42.3. The number of hydrogen-bond donors (Lipinski definition) is 0. The van der Waals surface area contributed by atoms with Crippen LogP contribution in [0.4, 0.5) is 45.5 Å². The summed E-state index contributed by atoms with van der Waals surface area (Å²) in [6.45, 7) is 68.2. The molecule has 10 aromatic carbocycles. The highest BCUT2D eigenvalue weighted by molar-refractivity contribution is 6.06. The molecule has 116 heavy (non-hydrogen) atoms. The molecule has 0 fully saturated rings. The second kappa shape index (κ2) is 35.8. The van der Waals surface area contributed by atoms with Crippen molar-refractivity contribution in [2.45, 2.75) is 230 Å². The molecule has 0 saturated carbocycles. The van der Waals surface area contributed by atoms with Gasteiger partial charge in [0.1, 0.15) is 12.4 Å². The van der Waals surface area contributed by atoms with Crippen molar-refractivity contribution in [1.82, 2.24) is 0 Å². The highest BCUT2D eigenvalue weighted by atomic mass is 16.5. The smallest absolute Gasteiger partial charge is 0.118 e. The van der Waals surface area contributed by atoms with E-state index in [4.69, 9.17) is 4.74 Å². The lowest BCUT2D eigenvalue weighted by atomic mass is 9.86. The lowest BCUT2D eigenvalue weighted by Crippen LogP contribution is -2.29. The summed E-state index contributed by atoms with van der Waals surface area (Å²) in [6.07, 6.45) is 8.94. The largest absolute Gasteiger partial charge is 0.497 e. The Hall–Kier alpha value is -10.6. The Kier molecular flexibility index (Phi) is 26.6. The molecule has 0 bridgehead atoms. The molecule has 0 atom stereocenters. The first kappa shape index (κ1) is 86.2. The van der Waals surface area contributed by atoms with E-state index in [2.05, 4.69) is 435 Å². The van der Waals surface area contributed by atoms with Crippen LogP contribution in [-0.4, -0.2) is 33.8 Å². The fraction of sp³-hybridized carbons (Fsp3) is 0.364. The van der Waals surface area contributed by atoms with Gasteiger partial charge in [-0.05, 0) is 279 Å². The molecular formula is C107H134N8O. The molecule has 9 nitrogen and oxygen atoms in total. The molecule has 4 aliphatic rings. The Morgan fingerprint density at radius 1 is 0.276 bits per heavy atom. The Morgan fingerprint density at radius 3 is 0.897 bits per heavy atom. The van der Waals surface area contributed by atoms with Gasteiger partial charge in [0.2, 0.25) is 0 Å². The van der Waals surface area contributed by atoms with E-state index in [1.807, 2.05) is 0 Å². The van der Waals surface area contributed by atoms with Crippen LogP contribution in [0.2, 0.25) is 0 Å². The van der Waals surface area contributed by atoms with Crippen LogP contribution in [0.3, 0.4) is 0 Å². The van der Waals surface area contributed by atoms with E-state index in [-0.39, 0.29) is 5.41 Å². The second-order valence-corrected chi connectivity index (χ2v) is 35.9. The zero-order valence-electron chi connectivity index (χ0n) is 76.1. The predicted octanol–water partition coefficient (Wildman–Crippen LogP) is 28.3. The van der Waals surface area contributed by atoms with Gasteiger partial charge in [-0.1, -0.05) is 237 Å². The van der Waals surface area contributed by atoms with Crippen LogP contribution in [0.1, 0.15) is 242 Å². The Labute approximate surface area is 700 Å². The van der Waals surface area contributed by atoms with Gasteiger partial charge >= 0.3 is 0 Å². The molecule has 0 spiro atoms. The monoisotopic (exact) mass is 1550 g/mol. The standard InChI is InChI=1S/C36H40N2O.C27H38N2.C23H30N2.C21H26N2/c1-24-10-14-28(15-11-24)34-35(29-16-19-31(39-8)20-17-29)37(32-21-25(2)9-12-26(32)3)23-38(34)33-22-30(36(5,6)7)18-13-27(33)4;1-18(2)22-11-9-12-23(19(3)4)26(22)28-15-16-29(17-28)27-24(20(5)6)13-10-14-25(27)21(7)8;1-14-9-16(3)22(17(4)10-14)24-13-25(21(8)20(24)7)23-18(5)11-15(2)12-19(23)6;1-14-9-16(3)20(17(4)10-14)22-7-8-23(13-22)21-18(5)11-15(2)12-19(21)6/h9-22H,23H2,1-8H3;9-16,18-21H,17H2,1-8H3;9-12H,13H2,1-8H3;7-12H,13H2,1-6H3. The minimum atomic E-state index is 0.0571. The summed E-state index contributed by atoms with van der Waals surface area (Å²) in [6, 6.07) is 62.9. The molecule has 0 amide bonds. The van der Waals surface area contributed by atoms with E-state index >= 15 is 0 Å². The van der Waals surface area contributed by atoms with Gasteiger partial charge in [-0.3, -0.25) is 0 Å². The Bertz CT molecular complexity index is 5010. The third kappa shape index (κ3) is 18.6. The first-order chi connectivity index (χ1) is 54.8. The topological polar surface area (TPSA) is 35.2 Å². The summed E-state index contributed by atoms with van der Waals surface area (Å²) in [4.78, 5) is 19.5. The zero-order chi connectivity index (χ0) is 84.4. The van der Waals surface area contributed by atoms with Gasteiger partial charge in [0.25, 0.3) is 0 Å². The van der Waals surface area contributed by atoms with Crippen LogP contribution < -0.4 is 43.9 Å². The van der Waals surface area contributed by atoms with Crippen LogP contribution in [0, 0.1) is 111 Å². The van der Waals surface area contributed by atoms with Gasteiger partial charge in [-0.2, -0.15) is 0 Å². The minimum absolute atomic E-state index is 0.0571. The SMILES string of the molecule is CC(C)c1cccc(C(C)C)c1N1C=CN(c2c(C(C)C)cccc2C(C)C)C1.CC1=C(C)N(c2c(C)cc(C)cc2C)CN1c1c(C)cc(C)cc1C.COc1ccc(C2=C(c3ccc(C)cc3)N(c3cc(C(C)(C)C)ccc3C)CN2c2cc(C)ccc2C)cc1.Cc1cc(C)c(N2C=CN(c3c(C)cc(C)cc3C)C2)c(C)c1. The number of hydrogen-bond acceptors (Lipinski definition) is 9. The van der Waals surface area contributed by atoms with E-state index in [0.717, 1.165) is 32.4 Å². The van der Waals surface area contributed by atoms with Crippen molar-refractivity contribution < 1.29 is 4.74 Å². The summed E-state index contributed by atoms with van der Waals surface area (Å²) >= 11 is 0. The number of rotatable bonds is 15. The number of anilines is 8. The molecular weight excluding hydrogens is 1410 g/mol. The van der Waals surface area contributed by atoms with Gasteiger partial charge in [0.15, 0.2) is 0 Å². The minimum Gasteiger partial charge on any atom is -0.497 e. The van der Waals surface area contributed by atoms with Crippen molar-refractivity contribution in [1.29, 1.82) is 0 Å². The molecule has 0 saturated heterocycles. The van der Waals surface area contributed by atoms with Crippen molar-refractivity contribution in [2.75, 3.05) is 73.0 Å². The van der Waals surface area contributed by atoms with E-state index in [1.54, 1.807) is 7.11 Å². The molecule has 14 rings (SSSR count). The summed E-state index contributed by atoms with van der Waals surface area (Å²) in [5.41, 5.74) is 46.4. The average Bonchev–Trinajstić information content (AvgIpc) is 1.59. The third-order valence-corrected chi connectivity index (χ3v) is 23.8. The maximum atomic E-state index is 5.51. The number of allylic oxidation sites excluding steroid dienone is 2. The van der Waals surface area contributed by atoms with Gasteiger partial charge in [0.05, 0.1) is 38.5 Å².